The first-order valence-corrected chi connectivity index (χ1v) is 8.80. The van der Waals surface area contributed by atoms with Crippen molar-refractivity contribution in [2.75, 3.05) is 32.8 Å². The number of morpholine rings is 1. The Labute approximate surface area is 162 Å². The Kier molecular flexibility index (Phi) is 9.79. The minimum absolute atomic E-state index is 0. The topological polar surface area (TPSA) is 59.4 Å². The number of nitrogens with one attached hydrogen (secondary N) is 1. The maximum absolute atomic E-state index is 12.5. The Hall–Kier alpha value is -0.820. The third kappa shape index (κ3) is 6.77. The number of carbonyl (C=O) groups excluding carboxylic acids is 1. The lowest BCUT2D eigenvalue weighted by molar-refractivity contribution is -0.139. The Morgan fingerprint density at radius 1 is 1.36 bits per heavy atom. The molecule has 3 heterocycles. The van der Waals surface area contributed by atoms with Gasteiger partial charge in [0.05, 0.1) is 25.5 Å². The Morgan fingerprint density at radius 2 is 2.12 bits per heavy atom. The molecule has 1 aromatic rings. The van der Waals surface area contributed by atoms with E-state index in [2.05, 4.69) is 10.4 Å². The fourth-order valence-corrected chi connectivity index (χ4v) is 3.49. The molecule has 0 spiro atoms. The summed E-state index contributed by atoms with van der Waals surface area (Å²) in [5.41, 5.74) is 1.15. The van der Waals surface area contributed by atoms with Crippen LogP contribution in [0.1, 0.15) is 31.2 Å². The lowest BCUT2D eigenvalue weighted by atomic mass is 9.93. The molecule has 1 unspecified atom stereocenters. The molecule has 2 saturated heterocycles. The van der Waals surface area contributed by atoms with Gasteiger partial charge >= 0.3 is 0 Å². The summed E-state index contributed by atoms with van der Waals surface area (Å²) in [5.74, 6) is 0.998. The quantitative estimate of drug-likeness (QED) is 0.832. The van der Waals surface area contributed by atoms with Crippen LogP contribution in [0, 0.1) is 12.8 Å². The highest BCUT2D eigenvalue weighted by Crippen LogP contribution is 2.19. The lowest BCUT2D eigenvalue weighted by Crippen LogP contribution is -2.47. The Morgan fingerprint density at radius 3 is 2.80 bits per heavy atom. The molecule has 0 radical (unpaired) electrons. The van der Waals surface area contributed by atoms with Crippen molar-refractivity contribution in [2.45, 2.75) is 45.3 Å². The normalized spacial score (nSPS) is 21.3. The molecule has 2 aliphatic heterocycles. The van der Waals surface area contributed by atoms with Crippen molar-refractivity contribution in [3.05, 3.63) is 18.0 Å². The van der Waals surface area contributed by atoms with Gasteiger partial charge in [-0.2, -0.15) is 5.10 Å². The second kappa shape index (κ2) is 11.0. The summed E-state index contributed by atoms with van der Waals surface area (Å²) in [5, 5.41) is 7.68. The third-order valence-electron chi connectivity index (χ3n) is 4.87. The SMILES string of the molecule is Cc1cnn(CC2CN(C(=O)CCC3CCNCC3)CCO2)c1.Cl.Cl. The van der Waals surface area contributed by atoms with Crippen LogP contribution in [0.3, 0.4) is 0 Å². The van der Waals surface area contributed by atoms with E-state index in [1.54, 1.807) is 0 Å². The van der Waals surface area contributed by atoms with Gasteiger partial charge in [0.15, 0.2) is 0 Å². The number of aromatic nitrogens is 2. The van der Waals surface area contributed by atoms with Crippen molar-refractivity contribution in [3.63, 3.8) is 0 Å². The summed E-state index contributed by atoms with van der Waals surface area (Å²) in [4.78, 5) is 14.5. The Bertz CT molecular complexity index is 521. The smallest absolute Gasteiger partial charge is 0.222 e. The molecule has 2 aliphatic rings. The summed E-state index contributed by atoms with van der Waals surface area (Å²) in [6.45, 7) is 6.98. The largest absolute Gasteiger partial charge is 0.373 e. The zero-order valence-electron chi connectivity index (χ0n) is 14.9. The highest BCUT2D eigenvalue weighted by atomic mass is 35.5. The van der Waals surface area contributed by atoms with E-state index in [-0.39, 0.29) is 36.8 Å². The molecule has 0 aromatic carbocycles. The molecule has 144 valence electrons. The summed E-state index contributed by atoms with van der Waals surface area (Å²) in [6.07, 6.45) is 8.03. The molecule has 25 heavy (non-hydrogen) atoms. The van der Waals surface area contributed by atoms with E-state index in [0.717, 1.165) is 31.6 Å². The van der Waals surface area contributed by atoms with E-state index >= 15 is 0 Å². The number of carbonyl (C=O) groups is 1. The van der Waals surface area contributed by atoms with Crippen LogP contribution in [0.2, 0.25) is 0 Å². The van der Waals surface area contributed by atoms with Crippen LogP contribution in [0.15, 0.2) is 12.4 Å². The summed E-state index contributed by atoms with van der Waals surface area (Å²) in [6, 6.07) is 0. The average molecular weight is 393 g/mol. The van der Waals surface area contributed by atoms with E-state index < -0.39 is 0 Å². The molecule has 1 amide bonds. The van der Waals surface area contributed by atoms with Crippen LogP contribution >= 0.6 is 24.8 Å². The van der Waals surface area contributed by atoms with Crippen molar-refractivity contribution in [2.24, 2.45) is 5.92 Å². The van der Waals surface area contributed by atoms with Gasteiger partial charge in [-0.05, 0) is 50.8 Å². The third-order valence-corrected chi connectivity index (χ3v) is 4.87. The molecule has 0 aliphatic carbocycles. The minimum atomic E-state index is 0. The van der Waals surface area contributed by atoms with Gasteiger partial charge < -0.3 is 15.0 Å². The van der Waals surface area contributed by atoms with Crippen LogP contribution < -0.4 is 5.32 Å². The molecular weight excluding hydrogens is 363 g/mol. The van der Waals surface area contributed by atoms with Gasteiger partial charge in [0, 0.05) is 25.7 Å². The van der Waals surface area contributed by atoms with E-state index in [1.807, 2.05) is 28.9 Å². The van der Waals surface area contributed by atoms with Crippen LogP contribution in [0.5, 0.6) is 0 Å². The summed E-state index contributed by atoms with van der Waals surface area (Å²) < 4.78 is 7.71. The number of ether oxygens (including phenoxy) is 1. The first-order valence-electron chi connectivity index (χ1n) is 8.80. The number of aryl methyl sites for hydroxylation is 1. The van der Waals surface area contributed by atoms with Crippen LogP contribution in [0.4, 0.5) is 0 Å². The van der Waals surface area contributed by atoms with Gasteiger partial charge in [-0.25, -0.2) is 0 Å². The predicted octanol–water partition coefficient (Wildman–Crippen LogP) is 2.04. The van der Waals surface area contributed by atoms with Crippen LogP contribution in [-0.2, 0) is 16.1 Å². The van der Waals surface area contributed by atoms with Gasteiger partial charge in [0.25, 0.3) is 0 Å². The van der Waals surface area contributed by atoms with Crippen molar-refractivity contribution in [1.29, 1.82) is 0 Å². The highest BCUT2D eigenvalue weighted by molar-refractivity contribution is 5.85. The predicted molar refractivity (Wildman–Crippen MR) is 103 cm³/mol. The molecular formula is C17H30Cl2N4O2. The van der Waals surface area contributed by atoms with Gasteiger partial charge in [0.2, 0.25) is 5.91 Å². The van der Waals surface area contributed by atoms with Crippen LogP contribution in [-0.4, -0.2) is 59.5 Å². The number of halogens is 2. The van der Waals surface area contributed by atoms with Crippen molar-refractivity contribution in [3.8, 4) is 0 Å². The maximum atomic E-state index is 12.5. The number of amides is 1. The molecule has 2 fully saturated rings. The second-order valence-corrected chi connectivity index (χ2v) is 6.80. The number of nitrogens with zero attached hydrogens (tertiary/aromatic N) is 3. The fraction of sp³-hybridized carbons (Fsp3) is 0.765. The Balaban J connectivity index is 0.00000156. The lowest BCUT2D eigenvalue weighted by Gasteiger charge is -2.33. The first kappa shape index (κ1) is 22.2. The summed E-state index contributed by atoms with van der Waals surface area (Å²) in [7, 11) is 0. The van der Waals surface area contributed by atoms with Crippen LogP contribution in [0.25, 0.3) is 0 Å². The second-order valence-electron chi connectivity index (χ2n) is 6.80. The van der Waals surface area contributed by atoms with Gasteiger partial charge in [-0.15, -0.1) is 24.8 Å². The number of hydrogen-bond acceptors (Lipinski definition) is 4. The van der Waals surface area contributed by atoms with Gasteiger partial charge in [0.1, 0.15) is 0 Å². The van der Waals surface area contributed by atoms with E-state index in [4.69, 9.17) is 4.74 Å². The maximum Gasteiger partial charge on any atom is 0.222 e. The zero-order valence-corrected chi connectivity index (χ0v) is 16.5. The number of rotatable bonds is 5. The number of hydrogen-bond donors (Lipinski definition) is 1. The molecule has 1 atom stereocenters. The van der Waals surface area contributed by atoms with Gasteiger partial charge in [-0.3, -0.25) is 9.48 Å². The van der Waals surface area contributed by atoms with E-state index in [0.29, 0.717) is 32.0 Å². The molecule has 0 saturated carbocycles. The fourth-order valence-electron chi connectivity index (χ4n) is 3.49. The van der Waals surface area contributed by atoms with Gasteiger partial charge in [-0.1, -0.05) is 0 Å². The zero-order chi connectivity index (χ0) is 16.1. The van der Waals surface area contributed by atoms with Crippen molar-refractivity contribution < 1.29 is 9.53 Å². The van der Waals surface area contributed by atoms with Crippen molar-refractivity contribution >= 4 is 30.7 Å². The molecule has 1 N–H and O–H groups in total. The molecule has 8 heteroatoms. The monoisotopic (exact) mass is 392 g/mol. The van der Waals surface area contributed by atoms with E-state index in [9.17, 15) is 4.79 Å². The molecule has 1 aromatic heterocycles. The summed E-state index contributed by atoms with van der Waals surface area (Å²) >= 11 is 0. The average Bonchev–Trinajstić information content (AvgIpc) is 2.99. The standard InChI is InChI=1S/C17H28N4O2.2ClH/c1-14-10-19-21(11-14)13-16-12-20(8-9-23-16)17(22)3-2-15-4-6-18-7-5-15;;/h10-11,15-16,18H,2-9,12-13H2,1H3;2*1H. The molecule has 6 nitrogen and oxygen atoms in total. The van der Waals surface area contributed by atoms with Crippen molar-refractivity contribution in [1.82, 2.24) is 20.0 Å². The molecule has 0 bridgehead atoms. The number of piperidine rings is 1. The minimum Gasteiger partial charge on any atom is -0.373 e. The first-order chi connectivity index (χ1) is 11.2. The molecule has 3 rings (SSSR count). The van der Waals surface area contributed by atoms with E-state index in [1.165, 1.54) is 12.8 Å². The highest BCUT2D eigenvalue weighted by Gasteiger charge is 2.25.